The van der Waals surface area contributed by atoms with Gasteiger partial charge in [0.2, 0.25) is 0 Å². The lowest BCUT2D eigenvalue weighted by Gasteiger charge is -2.19. The van der Waals surface area contributed by atoms with Crippen LogP contribution in [0.1, 0.15) is 46.4 Å². The first-order chi connectivity index (χ1) is 13.3. The lowest BCUT2D eigenvalue weighted by Crippen LogP contribution is -2.14. The van der Waals surface area contributed by atoms with Crippen molar-refractivity contribution in [1.82, 2.24) is 15.0 Å². The summed E-state index contributed by atoms with van der Waals surface area (Å²) in [5.41, 5.74) is 5.87. The van der Waals surface area contributed by atoms with Crippen LogP contribution >= 0.6 is 11.3 Å². The van der Waals surface area contributed by atoms with Crippen LogP contribution in [-0.4, -0.2) is 15.0 Å². The molecule has 1 aliphatic carbocycles. The molecule has 0 amide bonds. The van der Waals surface area contributed by atoms with Gasteiger partial charge in [0.15, 0.2) is 5.13 Å². The van der Waals surface area contributed by atoms with Crippen molar-refractivity contribution in [2.24, 2.45) is 0 Å². The van der Waals surface area contributed by atoms with Gasteiger partial charge in [0, 0.05) is 33.2 Å². The molecule has 0 unspecified atom stereocenters. The largest absolute Gasteiger partial charge is 0.358 e. The Kier molecular flexibility index (Phi) is 4.17. The maximum Gasteiger partial charge on any atom is 0.183 e. The van der Waals surface area contributed by atoms with Crippen LogP contribution in [0.15, 0.2) is 48.7 Å². The van der Waals surface area contributed by atoms with E-state index in [1.807, 2.05) is 18.3 Å². The van der Waals surface area contributed by atoms with Gasteiger partial charge in [-0.3, -0.25) is 4.98 Å². The van der Waals surface area contributed by atoms with E-state index in [1.54, 1.807) is 11.3 Å². The molecule has 0 fully saturated rings. The summed E-state index contributed by atoms with van der Waals surface area (Å²) in [6.45, 7) is 2.14. The zero-order valence-corrected chi connectivity index (χ0v) is 16.1. The van der Waals surface area contributed by atoms with E-state index < -0.39 is 0 Å². The molecule has 27 heavy (non-hydrogen) atoms. The summed E-state index contributed by atoms with van der Waals surface area (Å²) in [5, 5.41) is 5.95. The molecule has 1 atom stereocenters. The van der Waals surface area contributed by atoms with Crippen molar-refractivity contribution in [3.05, 3.63) is 76.2 Å². The molecule has 136 valence electrons. The Bertz CT molecular complexity index is 1060. The molecule has 5 heteroatoms. The molecule has 1 aromatic carbocycles. The second-order valence-corrected chi connectivity index (χ2v) is 8.22. The van der Waals surface area contributed by atoms with E-state index in [1.165, 1.54) is 40.1 Å². The third-order valence-electron chi connectivity index (χ3n) is 5.33. The molecule has 1 aliphatic rings. The number of nitrogens with zero attached hydrogens (tertiary/aromatic N) is 2. The number of aromatic amines is 1. The number of benzene rings is 1. The monoisotopic (exact) mass is 374 g/mol. The molecule has 0 bridgehead atoms. The molecule has 0 saturated carbocycles. The average molecular weight is 375 g/mol. The predicted octanol–water partition coefficient (Wildman–Crippen LogP) is 5.41. The van der Waals surface area contributed by atoms with Gasteiger partial charge >= 0.3 is 0 Å². The SMILES string of the molecule is Cc1[nH]c2ccccc2c1[C@H](Nc1nc2c(s1)CCCC2)c1ccccn1. The molecule has 4 aromatic rings. The average Bonchev–Trinajstić information content (AvgIpc) is 3.26. The number of rotatable bonds is 4. The quantitative estimate of drug-likeness (QED) is 0.502. The number of aryl methyl sites for hydroxylation is 3. The number of hydrogen-bond donors (Lipinski definition) is 2. The van der Waals surface area contributed by atoms with Crippen LogP contribution in [0.5, 0.6) is 0 Å². The number of hydrogen-bond acceptors (Lipinski definition) is 4. The Morgan fingerprint density at radius 1 is 1.07 bits per heavy atom. The highest BCUT2D eigenvalue weighted by molar-refractivity contribution is 7.15. The molecule has 3 aromatic heterocycles. The number of fused-ring (bicyclic) bond motifs is 2. The number of thiazole rings is 1. The van der Waals surface area contributed by atoms with E-state index in [9.17, 15) is 0 Å². The number of nitrogens with one attached hydrogen (secondary N) is 2. The predicted molar refractivity (Wildman–Crippen MR) is 111 cm³/mol. The van der Waals surface area contributed by atoms with Gasteiger partial charge < -0.3 is 10.3 Å². The molecule has 0 saturated heterocycles. The minimum absolute atomic E-state index is 0.0325. The maximum absolute atomic E-state index is 4.91. The molecular formula is C22H22N4S. The summed E-state index contributed by atoms with van der Waals surface area (Å²) in [6.07, 6.45) is 6.66. The van der Waals surface area contributed by atoms with Crippen molar-refractivity contribution in [3.63, 3.8) is 0 Å². The highest BCUT2D eigenvalue weighted by atomic mass is 32.1. The van der Waals surface area contributed by atoms with Crippen LogP contribution in [0, 0.1) is 6.92 Å². The van der Waals surface area contributed by atoms with Crippen molar-refractivity contribution in [1.29, 1.82) is 0 Å². The zero-order valence-electron chi connectivity index (χ0n) is 15.3. The van der Waals surface area contributed by atoms with Crippen molar-refractivity contribution < 1.29 is 0 Å². The highest BCUT2D eigenvalue weighted by Crippen LogP contribution is 2.36. The zero-order chi connectivity index (χ0) is 18.2. The molecule has 2 N–H and O–H groups in total. The molecular weight excluding hydrogens is 352 g/mol. The first kappa shape index (κ1) is 16.5. The first-order valence-corrected chi connectivity index (χ1v) is 10.3. The first-order valence-electron chi connectivity index (χ1n) is 9.53. The number of H-pyrrole nitrogens is 1. The van der Waals surface area contributed by atoms with E-state index in [0.717, 1.165) is 29.2 Å². The molecule has 4 nitrogen and oxygen atoms in total. The van der Waals surface area contributed by atoms with Gasteiger partial charge in [-0.1, -0.05) is 24.3 Å². The normalized spacial score (nSPS) is 14.9. The molecule has 0 radical (unpaired) electrons. The third kappa shape index (κ3) is 3.02. The summed E-state index contributed by atoms with van der Waals surface area (Å²) >= 11 is 1.81. The topological polar surface area (TPSA) is 53.6 Å². The molecule has 0 spiro atoms. The summed E-state index contributed by atoms with van der Waals surface area (Å²) in [5.74, 6) is 0. The van der Waals surface area contributed by atoms with Crippen LogP contribution in [-0.2, 0) is 12.8 Å². The standard InChI is InChI=1S/C22H22N4S/c1-14-20(15-8-2-3-9-16(15)24-14)21(18-11-6-7-13-23-18)26-22-25-17-10-4-5-12-19(17)27-22/h2-3,6-9,11,13,21,24H,4-5,10,12H2,1H3,(H,25,26)/t21-/m1/s1. The maximum atomic E-state index is 4.91. The van der Waals surface area contributed by atoms with Gasteiger partial charge in [0.05, 0.1) is 17.4 Å². The van der Waals surface area contributed by atoms with Gasteiger partial charge in [0.25, 0.3) is 0 Å². The summed E-state index contributed by atoms with van der Waals surface area (Å²) < 4.78 is 0. The highest BCUT2D eigenvalue weighted by Gasteiger charge is 2.24. The van der Waals surface area contributed by atoms with E-state index in [-0.39, 0.29) is 6.04 Å². The van der Waals surface area contributed by atoms with E-state index in [2.05, 4.69) is 52.5 Å². The fourth-order valence-corrected chi connectivity index (χ4v) is 5.13. The Labute approximate surface area is 162 Å². The lowest BCUT2D eigenvalue weighted by molar-refractivity contribution is 0.682. The van der Waals surface area contributed by atoms with Gasteiger partial charge in [-0.2, -0.15) is 0 Å². The van der Waals surface area contributed by atoms with Gasteiger partial charge in [-0.05, 0) is 50.8 Å². The summed E-state index contributed by atoms with van der Waals surface area (Å²) in [7, 11) is 0. The lowest BCUT2D eigenvalue weighted by atomic mass is 10.00. The van der Waals surface area contributed by atoms with Crippen LogP contribution in [0.3, 0.4) is 0 Å². The Morgan fingerprint density at radius 2 is 1.93 bits per heavy atom. The van der Waals surface area contributed by atoms with Crippen molar-refractivity contribution in [3.8, 4) is 0 Å². The van der Waals surface area contributed by atoms with Gasteiger partial charge in [-0.15, -0.1) is 11.3 Å². The molecule has 0 aliphatic heterocycles. The Morgan fingerprint density at radius 3 is 2.78 bits per heavy atom. The van der Waals surface area contributed by atoms with Crippen LogP contribution < -0.4 is 5.32 Å². The van der Waals surface area contributed by atoms with Crippen molar-refractivity contribution >= 4 is 27.4 Å². The second kappa shape index (κ2) is 6.82. The van der Waals surface area contributed by atoms with Crippen LogP contribution in [0.25, 0.3) is 10.9 Å². The Balaban J connectivity index is 1.61. The number of aromatic nitrogens is 3. The van der Waals surface area contributed by atoms with Gasteiger partial charge in [-0.25, -0.2) is 4.98 Å². The number of pyridine rings is 1. The van der Waals surface area contributed by atoms with Gasteiger partial charge in [0.1, 0.15) is 0 Å². The second-order valence-electron chi connectivity index (χ2n) is 7.14. The number of anilines is 1. The van der Waals surface area contributed by atoms with Crippen LogP contribution in [0.2, 0.25) is 0 Å². The third-order valence-corrected chi connectivity index (χ3v) is 6.42. The fraction of sp³-hybridized carbons (Fsp3) is 0.273. The van der Waals surface area contributed by atoms with E-state index >= 15 is 0 Å². The minimum atomic E-state index is -0.0325. The summed E-state index contributed by atoms with van der Waals surface area (Å²) in [4.78, 5) is 14.5. The Hall–Kier alpha value is -2.66. The van der Waals surface area contributed by atoms with E-state index in [4.69, 9.17) is 4.98 Å². The van der Waals surface area contributed by atoms with Crippen LogP contribution in [0.4, 0.5) is 5.13 Å². The molecule has 5 rings (SSSR count). The summed E-state index contributed by atoms with van der Waals surface area (Å²) in [6, 6.07) is 14.5. The van der Waals surface area contributed by atoms with Crippen molar-refractivity contribution in [2.75, 3.05) is 5.32 Å². The van der Waals surface area contributed by atoms with E-state index in [0.29, 0.717) is 0 Å². The smallest absolute Gasteiger partial charge is 0.183 e. The van der Waals surface area contributed by atoms with Crippen molar-refractivity contribution in [2.45, 2.75) is 38.6 Å². The minimum Gasteiger partial charge on any atom is -0.358 e. The number of para-hydroxylation sites is 1. The fourth-order valence-electron chi connectivity index (χ4n) is 4.05. The molecule has 3 heterocycles.